The van der Waals surface area contributed by atoms with Gasteiger partial charge in [-0.2, -0.15) is 0 Å². The SMILES string of the molecule is CCC(C)SP(C)(=S)Cl. The van der Waals surface area contributed by atoms with Crippen LogP contribution in [0.1, 0.15) is 20.3 Å². The molecule has 0 aliphatic carbocycles. The molecule has 0 spiro atoms. The zero-order valence-electron chi connectivity index (χ0n) is 5.93. The summed E-state index contributed by atoms with van der Waals surface area (Å²) in [7, 11) is 0. The van der Waals surface area contributed by atoms with Crippen LogP contribution in [0.4, 0.5) is 0 Å². The van der Waals surface area contributed by atoms with E-state index in [-0.39, 0.29) is 0 Å². The van der Waals surface area contributed by atoms with Gasteiger partial charge in [-0.25, -0.2) is 0 Å². The molecular formula is C5H12ClPS2. The largest absolute Gasteiger partial charge is 0.106 e. The van der Waals surface area contributed by atoms with Gasteiger partial charge < -0.3 is 0 Å². The first kappa shape index (κ1) is 10.3. The molecule has 0 aliphatic heterocycles. The number of rotatable bonds is 3. The van der Waals surface area contributed by atoms with Crippen LogP contribution in [0.3, 0.4) is 0 Å². The summed E-state index contributed by atoms with van der Waals surface area (Å²) < 4.78 is -1.52. The Morgan fingerprint density at radius 2 is 2.22 bits per heavy atom. The van der Waals surface area contributed by atoms with Gasteiger partial charge in [0, 0.05) is 5.25 Å². The highest BCUT2D eigenvalue weighted by Crippen LogP contribution is 2.62. The van der Waals surface area contributed by atoms with Gasteiger partial charge in [0.1, 0.15) is 0 Å². The Morgan fingerprint density at radius 3 is 2.33 bits per heavy atom. The molecule has 2 unspecified atom stereocenters. The maximum atomic E-state index is 5.90. The van der Waals surface area contributed by atoms with Crippen molar-refractivity contribution in [2.45, 2.75) is 25.5 Å². The second kappa shape index (κ2) is 4.23. The van der Waals surface area contributed by atoms with Gasteiger partial charge in [-0.1, -0.05) is 36.9 Å². The Bertz CT molecular complexity index is 120. The monoisotopic (exact) mass is 202 g/mol. The molecule has 0 radical (unpaired) electrons. The van der Waals surface area contributed by atoms with Crippen LogP contribution in [0.25, 0.3) is 0 Å². The zero-order chi connectivity index (χ0) is 7.49. The average Bonchev–Trinajstić information content (AvgIpc) is 1.62. The maximum absolute atomic E-state index is 5.90. The Labute approximate surface area is 71.3 Å². The number of hydrogen-bond donors (Lipinski definition) is 0. The lowest BCUT2D eigenvalue weighted by Crippen LogP contribution is -1.88. The lowest BCUT2D eigenvalue weighted by atomic mass is 10.4. The molecule has 0 aromatic carbocycles. The summed E-state index contributed by atoms with van der Waals surface area (Å²) in [5.74, 6) is 0. The first-order chi connectivity index (χ1) is 3.95. The lowest BCUT2D eigenvalue weighted by Gasteiger charge is -2.11. The van der Waals surface area contributed by atoms with Crippen LogP contribution in [-0.2, 0) is 11.8 Å². The van der Waals surface area contributed by atoms with Crippen molar-refractivity contribution in [3.05, 3.63) is 0 Å². The predicted molar refractivity (Wildman–Crippen MR) is 53.4 cm³/mol. The van der Waals surface area contributed by atoms with E-state index in [1.165, 1.54) is 0 Å². The van der Waals surface area contributed by atoms with Crippen molar-refractivity contribution in [2.75, 3.05) is 6.66 Å². The van der Waals surface area contributed by atoms with Gasteiger partial charge in [-0.15, -0.1) is 11.4 Å². The van der Waals surface area contributed by atoms with E-state index in [4.69, 9.17) is 23.0 Å². The summed E-state index contributed by atoms with van der Waals surface area (Å²) in [4.78, 5) is 0. The molecule has 0 N–H and O–H groups in total. The molecule has 0 aromatic rings. The van der Waals surface area contributed by atoms with Gasteiger partial charge in [0.25, 0.3) is 0 Å². The molecule has 56 valence electrons. The van der Waals surface area contributed by atoms with E-state index < -0.39 is 4.59 Å². The lowest BCUT2D eigenvalue weighted by molar-refractivity contribution is 0.912. The number of halogens is 1. The summed E-state index contributed by atoms with van der Waals surface area (Å²) in [5.41, 5.74) is 0. The average molecular weight is 203 g/mol. The molecule has 0 nitrogen and oxygen atoms in total. The van der Waals surface area contributed by atoms with E-state index >= 15 is 0 Å². The third-order valence-corrected chi connectivity index (χ3v) is 5.71. The fourth-order valence-electron chi connectivity index (χ4n) is 0.396. The van der Waals surface area contributed by atoms with Gasteiger partial charge >= 0.3 is 0 Å². The normalized spacial score (nSPS) is 20.9. The smallest absolute Gasteiger partial charge is 0.0862 e. The van der Waals surface area contributed by atoms with Crippen molar-refractivity contribution in [2.24, 2.45) is 0 Å². The molecule has 0 saturated carbocycles. The molecule has 4 heteroatoms. The minimum atomic E-state index is -1.52. The van der Waals surface area contributed by atoms with E-state index in [1.54, 1.807) is 11.4 Å². The second-order valence-electron chi connectivity index (χ2n) is 2.07. The Balaban J connectivity index is 3.60. The molecule has 0 bridgehead atoms. The molecule has 0 aliphatic rings. The molecule has 0 amide bonds. The predicted octanol–water partition coefficient (Wildman–Crippen LogP) is 3.70. The van der Waals surface area contributed by atoms with Gasteiger partial charge in [0.15, 0.2) is 0 Å². The summed E-state index contributed by atoms with van der Waals surface area (Å²) in [5, 5.41) is 0.623. The van der Waals surface area contributed by atoms with Crippen LogP contribution < -0.4 is 0 Å². The zero-order valence-corrected chi connectivity index (χ0v) is 9.21. The Morgan fingerprint density at radius 1 is 1.78 bits per heavy atom. The van der Waals surface area contributed by atoms with Crippen molar-refractivity contribution >= 4 is 39.0 Å². The van der Waals surface area contributed by atoms with Crippen LogP contribution in [0, 0.1) is 0 Å². The van der Waals surface area contributed by atoms with Crippen LogP contribution >= 0.6 is 27.2 Å². The minimum absolute atomic E-state index is 0.623. The first-order valence-corrected chi connectivity index (χ1v) is 8.55. The quantitative estimate of drug-likeness (QED) is 0.641. The van der Waals surface area contributed by atoms with Gasteiger partial charge in [-0.05, 0) is 13.1 Å². The van der Waals surface area contributed by atoms with E-state index in [0.29, 0.717) is 5.25 Å². The Kier molecular flexibility index (Phi) is 4.83. The molecule has 0 rings (SSSR count). The van der Waals surface area contributed by atoms with Gasteiger partial charge in [0.2, 0.25) is 0 Å². The molecule has 0 heterocycles. The van der Waals surface area contributed by atoms with Crippen LogP contribution in [0.5, 0.6) is 0 Å². The van der Waals surface area contributed by atoms with Crippen LogP contribution in [-0.4, -0.2) is 11.9 Å². The summed E-state index contributed by atoms with van der Waals surface area (Å²) in [6.07, 6.45) is 1.16. The van der Waals surface area contributed by atoms with Crippen molar-refractivity contribution < 1.29 is 0 Å². The van der Waals surface area contributed by atoms with Crippen molar-refractivity contribution in [1.82, 2.24) is 0 Å². The molecule has 2 atom stereocenters. The van der Waals surface area contributed by atoms with Crippen LogP contribution in [0.15, 0.2) is 0 Å². The fraction of sp³-hybridized carbons (Fsp3) is 1.00. The maximum Gasteiger partial charge on any atom is 0.0862 e. The molecule has 0 fully saturated rings. The third-order valence-electron chi connectivity index (χ3n) is 0.943. The van der Waals surface area contributed by atoms with Gasteiger partial charge in [-0.3, -0.25) is 0 Å². The van der Waals surface area contributed by atoms with Gasteiger partial charge in [0.05, 0.1) is 4.59 Å². The van der Waals surface area contributed by atoms with Crippen molar-refractivity contribution in [3.8, 4) is 0 Å². The highest BCUT2D eigenvalue weighted by molar-refractivity contribution is 8.78. The minimum Gasteiger partial charge on any atom is -0.106 e. The molecule has 0 aromatic heterocycles. The summed E-state index contributed by atoms with van der Waals surface area (Å²) >= 11 is 12.7. The van der Waals surface area contributed by atoms with E-state index in [0.717, 1.165) is 6.42 Å². The fourth-order valence-corrected chi connectivity index (χ4v) is 6.11. The third kappa shape index (κ3) is 7.18. The van der Waals surface area contributed by atoms with E-state index in [9.17, 15) is 0 Å². The standard InChI is InChI=1S/C5H12ClPS2/c1-4-5(2)9-7(3,6)8/h5H,4H2,1-3H3. The summed E-state index contributed by atoms with van der Waals surface area (Å²) in [6, 6.07) is 0. The summed E-state index contributed by atoms with van der Waals surface area (Å²) in [6.45, 7) is 6.28. The molecular weight excluding hydrogens is 191 g/mol. The van der Waals surface area contributed by atoms with Crippen LogP contribution in [0.2, 0.25) is 0 Å². The van der Waals surface area contributed by atoms with E-state index in [2.05, 4.69) is 13.8 Å². The highest BCUT2D eigenvalue weighted by Gasteiger charge is 2.09. The molecule has 9 heavy (non-hydrogen) atoms. The van der Waals surface area contributed by atoms with Crippen molar-refractivity contribution in [1.29, 1.82) is 0 Å². The second-order valence-corrected chi connectivity index (χ2v) is 13.5. The molecule has 0 saturated heterocycles. The van der Waals surface area contributed by atoms with Crippen molar-refractivity contribution in [3.63, 3.8) is 0 Å². The number of hydrogen-bond acceptors (Lipinski definition) is 2. The Hall–Kier alpha value is 1.29. The first-order valence-electron chi connectivity index (χ1n) is 2.91. The highest BCUT2D eigenvalue weighted by atomic mass is 35.7. The topological polar surface area (TPSA) is 0 Å². The van der Waals surface area contributed by atoms with E-state index in [1.807, 2.05) is 6.66 Å².